The van der Waals surface area contributed by atoms with Crippen molar-refractivity contribution in [1.29, 1.82) is 0 Å². The number of Topliss-reactive ketones (excluding diaryl/α,β-unsaturated/α-hetero) is 1. The van der Waals surface area contributed by atoms with Crippen molar-refractivity contribution in [3.8, 4) is 0 Å². The Balaban J connectivity index is 1.68. The van der Waals surface area contributed by atoms with E-state index >= 15 is 0 Å². The second-order valence-electron chi connectivity index (χ2n) is 11.0. The number of fused-ring (bicyclic) bond motifs is 1. The fourth-order valence-electron chi connectivity index (χ4n) is 4.98. The van der Waals surface area contributed by atoms with E-state index in [1.807, 2.05) is 104 Å². The average Bonchev–Trinajstić information content (AvgIpc) is 3.17. The molecule has 0 spiro atoms. The van der Waals surface area contributed by atoms with E-state index in [4.69, 9.17) is 0 Å². The zero-order valence-electron chi connectivity index (χ0n) is 22.4. The van der Waals surface area contributed by atoms with Crippen LogP contribution in [0.3, 0.4) is 0 Å². The zero-order chi connectivity index (χ0) is 27.2. The van der Waals surface area contributed by atoms with E-state index in [9.17, 15) is 14.7 Å². The normalized spacial score (nSPS) is 17.3. The molecule has 38 heavy (non-hydrogen) atoms. The van der Waals surface area contributed by atoms with Gasteiger partial charge in [0.2, 0.25) is 0 Å². The standard InChI is InChI=1S/C33H32N2O3/c1-33(2,3)25-14-18-27(19-15-25)35-29(22-12-16-26(17-13-22)34(4)5)28(31(37)32(35)38)30(36)24-11-10-21-8-6-7-9-23(21)20-24/h6-20,29,36H,1-5H3/b30-28-. The third-order valence-electron chi connectivity index (χ3n) is 7.20. The quantitative estimate of drug-likeness (QED) is 0.188. The molecule has 0 bridgehead atoms. The summed E-state index contributed by atoms with van der Waals surface area (Å²) in [5.41, 5.74) is 4.01. The molecule has 1 fully saturated rings. The molecule has 1 amide bonds. The van der Waals surface area contributed by atoms with Crippen LogP contribution < -0.4 is 9.80 Å². The van der Waals surface area contributed by atoms with Crippen molar-refractivity contribution in [1.82, 2.24) is 0 Å². The number of aliphatic hydroxyl groups excluding tert-OH is 1. The molecule has 5 heteroatoms. The zero-order valence-corrected chi connectivity index (χ0v) is 22.4. The van der Waals surface area contributed by atoms with Crippen molar-refractivity contribution in [2.75, 3.05) is 23.9 Å². The van der Waals surface area contributed by atoms with Gasteiger partial charge >= 0.3 is 0 Å². The van der Waals surface area contributed by atoms with Crippen LogP contribution in [0.2, 0.25) is 0 Å². The lowest BCUT2D eigenvalue weighted by Crippen LogP contribution is -2.29. The van der Waals surface area contributed by atoms with Crippen LogP contribution in [0.4, 0.5) is 11.4 Å². The summed E-state index contributed by atoms with van der Waals surface area (Å²) < 4.78 is 0. The summed E-state index contributed by atoms with van der Waals surface area (Å²) in [5.74, 6) is -1.53. The number of rotatable bonds is 4. The van der Waals surface area contributed by atoms with Crippen molar-refractivity contribution >= 4 is 39.6 Å². The summed E-state index contributed by atoms with van der Waals surface area (Å²) in [6, 6.07) is 28.1. The van der Waals surface area contributed by atoms with Gasteiger partial charge in [-0.25, -0.2) is 0 Å². The van der Waals surface area contributed by atoms with Gasteiger partial charge in [0.1, 0.15) is 5.76 Å². The maximum atomic E-state index is 13.5. The van der Waals surface area contributed by atoms with Crippen molar-refractivity contribution in [3.63, 3.8) is 0 Å². The predicted molar refractivity (Wildman–Crippen MR) is 155 cm³/mol. The van der Waals surface area contributed by atoms with Crippen LogP contribution in [0.1, 0.15) is 43.5 Å². The molecule has 0 radical (unpaired) electrons. The Hall–Kier alpha value is -4.38. The molecule has 0 aromatic heterocycles. The van der Waals surface area contributed by atoms with Crippen LogP contribution in [-0.2, 0) is 15.0 Å². The maximum Gasteiger partial charge on any atom is 0.300 e. The molecule has 1 aliphatic rings. The smallest absolute Gasteiger partial charge is 0.300 e. The van der Waals surface area contributed by atoms with Gasteiger partial charge in [0.15, 0.2) is 0 Å². The number of carbonyl (C=O) groups is 2. The van der Waals surface area contributed by atoms with E-state index in [0.717, 1.165) is 27.6 Å². The molecule has 1 unspecified atom stereocenters. The number of benzene rings is 4. The average molecular weight is 505 g/mol. The fraction of sp³-hybridized carbons (Fsp3) is 0.212. The monoisotopic (exact) mass is 504 g/mol. The Morgan fingerprint density at radius 1 is 0.816 bits per heavy atom. The van der Waals surface area contributed by atoms with Crippen molar-refractivity contribution in [2.24, 2.45) is 0 Å². The van der Waals surface area contributed by atoms with Crippen molar-refractivity contribution in [3.05, 3.63) is 113 Å². The first-order chi connectivity index (χ1) is 18.1. The summed E-state index contributed by atoms with van der Waals surface area (Å²) in [5, 5.41) is 13.5. The van der Waals surface area contributed by atoms with Gasteiger partial charge in [0.05, 0.1) is 11.6 Å². The minimum Gasteiger partial charge on any atom is -0.507 e. The summed E-state index contributed by atoms with van der Waals surface area (Å²) >= 11 is 0. The second kappa shape index (κ2) is 9.49. The molecular formula is C33H32N2O3. The van der Waals surface area contributed by atoms with Gasteiger partial charge in [-0.1, -0.05) is 81.4 Å². The molecule has 1 heterocycles. The second-order valence-corrected chi connectivity index (χ2v) is 11.0. The number of aliphatic hydroxyl groups is 1. The Bertz CT molecular complexity index is 1560. The minimum absolute atomic E-state index is 0.0514. The van der Waals surface area contributed by atoms with E-state index in [1.54, 1.807) is 6.07 Å². The topological polar surface area (TPSA) is 60.9 Å². The maximum absolute atomic E-state index is 13.5. The van der Waals surface area contributed by atoms with Gasteiger partial charge in [-0.2, -0.15) is 0 Å². The molecule has 192 valence electrons. The number of amides is 1. The van der Waals surface area contributed by atoms with Gasteiger partial charge in [0, 0.05) is 31.0 Å². The first-order valence-corrected chi connectivity index (χ1v) is 12.7. The molecular weight excluding hydrogens is 472 g/mol. The van der Waals surface area contributed by atoms with E-state index in [-0.39, 0.29) is 16.7 Å². The number of hydrogen-bond donors (Lipinski definition) is 1. The van der Waals surface area contributed by atoms with Crippen LogP contribution in [-0.4, -0.2) is 30.9 Å². The van der Waals surface area contributed by atoms with Crippen LogP contribution in [0.25, 0.3) is 16.5 Å². The highest BCUT2D eigenvalue weighted by Gasteiger charge is 2.47. The van der Waals surface area contributed by atoms with Gasteiger partial charge in [0.25, 0.3) is 11.7 Å². The number of carbonyl (C=O) groups excluding carboxylic acids is 2. The van der Waals surface area contributed by atoms with Crippen LogP contribution in [0.5, 0.6) is 0 Å². The number of ketones is 1. The Kier molecular flexibility index (Phi) is 6.31. The fourth-order valence-corrected chi connectivity index (χ4v) is 4.98. The summed E-state index contributed by atoms with van der Waals surface area (Å²) in [7, 11) is 3.91. The van der Waals surface area contributed by atoms with Gasteiger partial charge < -0.3 is 10.0 Å². The van der Waals surface area contributed by atoms with E-state index in [2.05, 4.69) is 20.8 Å². The first-order valence-electron chi connectivity index (χ1n) is 12.7. The molecule has 1 atom stereocenters. The van der Waals surface area contributed by atoms with Crippen molar-refractivity contribution in [2.45, 2.75) is 32.2 Å². The highest BCUT2D eigenvalue weighted by atomic mass is 16.3. The van der Waals surface area contributed by atoms with Crippen LogP contribution >= 0.6 is 0 Å². The predicted octanol–water partition coefficient (Wildman–Crippen LogP) is 6.83. The molecule has 5 rings (SSSR count). The molecule has 5 nitrogen and oxygen atoms in total. The molecule has 4 aromatic carbocycles. The lowest BCUT2D eigenvalue weighted by atomic mass is 9.87. The van der Waals surface area contributed by atoms with Gasteiger partial charge in [-0.15, -0.1) is 0 Å². The molecule has 0 saturated carbocycles. The highest BCUT2D eigenvalue weighted by molar-refractivity contribution is 6.51. The summed E-state index contributed by atoms with van der Waals surface area (Å²) in [6.07, 6.45) is 0. The Morgan fingerprint density at radius 2 is 1.45 bits per heavy atom. The summed E-state index contributed by atoms with van der Waals surface area (Å²) in [4.78, 5) is 30.6. The summed E-state index contributed by atoms with van der Waals surface area (Å²) in [6.45, 7) is 6.39. The van der Waals surface area contributed by atoms with Crippen LogP contribution in [0.15, 0.2) is 96.6 Å². The highest BCUT2D eigenvalue weighted by Crippen LogP contribution is 2.43. The van der Waals surface area contributed by atoms with E-state index < -0.39 is 17.7 Å². The van der Waals surface area contributed by atoms with E-state index in [0.29, 0.717) is 11.3 Å². The Morgan fingerprint density at radius 3 is 2.05 bits per heavy atom. The number of anilines is 2. The largest absolute Gasteiger partial charge is 0.507 e. The number of hydrogen-bond acceptors (Lipinski definition) is 4. The van der Waals surface area contributed by atoms with E-state index in [1.165, 1.54) is 4.90 Å². The van der Waals surface area contributed by atoms with Crippen LogP contribution in [0, 0.1) is 0 Å². The SMILES string of the molecule is CN(C)c1ccc(C2/C(=C(/O)c3ccc4ccccc4c3)C(=O)C(=O)N2c2ccc(C(C)(C)C)cc2)cc1. The molecule has 4 aromatic rings. The van der Waals surface area contributed by atoms with Gasteiger partial charge in [-0.05, 0) is 57.6 Å². The first kappa shape index (κ1) is 25.3. The molecule has 1 aliphatic heterocycles. The third kappa shape index (κ3) is 4.45. The molecule has 0 aliphatic carbocycles. The molecule has 1 N–H and O–H groups in total. The third-order valence-corrected chi connectivity index (χ3v) is 7.20. The minimum atomic E-state index is -0.766. The number of nitrogens with zero attached hydrogens (tertiary/aromatic N) is 2. The lowest BCUT2D eigenvalue weighted by molar-refractivity contribution is -0.132. The molecule has 1 saturated heterocycles. The van der Waals surface area contributed by atoms with Gasteiger partial charge in [-0.3, -0.25) is 14.5 Å². The lowest BCUT2D eigenvalue weighted by Gasteiger charge is -2.27. The van der Waals surface area contributed by atoms with Crippen molar-refractivity contribution < 1.29 is 14.7 Å². The Labute approximate surface area is 223 Å².